The summed E-state index contributed by atoms with van der Waals surface area (Å²) in [6, 6.07) is 9.50. The Morgan fingerprint density at radius 1 is 1.32 bits per heavy atom. The Morgan fingerprint density at radius 2 is 2.20 bits per heavy atom. The van der Waals surface area contributed by atoms with Gasteiger partial charge >= 0.3 is 6.03 Å². The number of nitrogens with one attached hydrogen (secondary N) is 2. The van der Waals surface area contributed by atoms with E-state index in [1.54, 1.807) is 17.3 Å². The molecule has 130 valence electrons. The van der Waals surface area contributed by atoms with Crippen LogP contribution in [0, 0.1) is 0 Å². The first-order valence-corrected chi connectivity index (χ1v) is 8.56. The molecule has 0 saturated carbocycles. The number of carbonyl (C=O) groups is 1. The van der Waals surface area contributed by atoms with Gasteiger partial charge < -0.3 is 10.2 Å². The lowest BCUT2D eigenvalue weighted by molar-refractivity contribution is 0.200. The first-order chi connectivity index (χ1) is 12.2. The number of urea groups is 1. The monoisotopic (exact) mass is 337 g/mol. The molecule has 3 aromatic rings. The average Bonchev–Trinajstić information content (AvgIpc) is 3.10. The van der Waals surface area contributed by atoms with Crippen LogP contribution in [0.1, 0.15) is 37.8 Å². The van der Waals surface area contributed by atoms with Gasteiger partial charge in [0.05, 0.1) is 17.8 Å². The van der Waals surface area contributed by atoms with Gasteiger partial charge in [-0.1, -0.05) is 25.8 Å². The molecule has 2 amide bonds. The van der Waals surface area contributed by atoms with Crippen molar-refractivity contribution >= 4 is 22.6 Å². The fourth-order valence-corrected chi connectivity index (χ4v) is 2.93. The molecule has 0 aliphatic heterocycles. The largest absolute Gasteiger partial charge is 0.322 e. The normalized spacial score (nSPS) is 12.1. The zero-order valence-electron chi connectivity index (χ0n) is 14.6. The van der Waals surface area contributed by atoms with Crippen molar-refractivity contribution in [1.82, 2.24) is 20.1 Å². The highest BCUT2D eigenvalue weighted by atomic mass is 16.2. The second kappa shape index (κ2) is 7.79. The van der Waals surface area contributed by atoms with E-state index < -0.39 is 0 Å². The molecule has 2 N–H and O–H groups in total. The van der Waals surface area contributed by atoms with Crippen molar-refractivity contribution in [2.45, 2.75) is 32.2 Å². The van der Waals surface area contributed by atoms with E-state index in [1.165, 1.54) is 0 Å². The summed E-state index contributed by atoms with van der Waals surface area (Å²) in [5, 5.41) is 10.9. The highest BCUT2D eigenvalue weighted by Gasteiger charge is 2.21. The van der Waals surface area contributed by atoms with Crippen molar-refractivity contribution in [3.63, 3.8) is 0 Å². The Kier molecular flexibility index (Phi) is 5.28. The summed E-state index contributed by atoms with van der Waals surface area (Å²) in [4.78, 5) is 18.7. The molecule has 0 aliphatic rings. The SMILES string of the molecule is CCCCC(c1cccnc1)N(C)C(=O)Nc1ccc2[nH]ncc2c1. The van der Waals surface area contributed by atoms with Gasteiger partial charge in [0, 0.05) is 30.5 Å². The fraction of sp³-hybridized carbons (Fsp3) is 0.316. The van der Waals surface area contributed by atoms with Gasteiger partial charge in [-0.25, -0.2) is 4.79 Å². The third kappa shape index (κ3) is 3.96. The summed E-state index contributed by atoms with van der Waals surface area (Å²) in [7, 11) is 1.83. The van der Waals surface area contributed by atoms with Crippen LogP contribution in [0.2, 0.25) is 0 Å². The van der Waals surface area contributed by atoms with Gasteiger partial charge in [-0.05, 0) is 36.2 Å². The first-order valence-electron chi connectivity index (χ1n) is 8.56. The van der Waals surface area contributed by atoms with E-state index in [1.807, 2.05) is 43.6 Å². The lowest BCUT2D eigenvalue weighted by Crippen LogP contribution is -2.35. The number of H-pyrrole nitrogens is 1. The minimum atomic E-state index is -0.132. The quantitative estimate of drug-likeness (QED) is 0.702. The minimum absolute atomic E-state index is 0.00584. The summed E-state index contributed by atoms with van der Waals surface area (Å²) < 4.78 is 0. The van der Waals surface area contributed by atoms with Crippen molar-refractivity contribution in [2.24, 2.45) is 0 Å². The Labute approximate surface area is 147 Å². The number of anilines is 1. The number of hydrogen-bond donors (Lipinski definition) is 2. The molecule has 6 heteroatoms. The first kappa shape index (κ1) is 17.0. The van der Waals surface area contributed by atoms with Gasteiger partial charge in [-0.15, -0.1) is 0 Å². The molecule has 3 rings (SSSR count). The number of benzene rings is 1. The summed E-state index contributed by atoms with van der Waals surface area (Å²) in [6.07, 6.45) is 8.38. The number of rotatable bonds is 6. The molecule has 0 bridgehead atoms. The predicted octanol–water partition coefficient (Wildman–Crippen LogP) is 4.35. The second-order valence-corrected chi connectivity index (χ2v) is 6.16. The van der Waals surface area contributed by atoms with Gasteiger partial charge in [-0.3, -0.25) is 10.1 Å². The number of carbonyl (C=O) groups excluding carboxylic acids is 1. The molecule has 1 unspecified atom stereocenters. The molecule has 0 fully saturated rings. The molecule has 2 aromatic heterocycles. The molecular weight excluding hydrogens is 314 g/mol. The van der Waals surface area contributed by atoms with Crippen LogP contribution < -0.4 is 5.32 Å². The molecule has 0 spiro atoms. The third-order valence-electron chi connectivity index (χ3n) is 4.38. The van der Waals surface area contributed by atoms with Crippen LogP contribution in [-0.2, 0) is 0 Å². The van der Waals surface area contributed by atoms with Crippen LogP contribution in [0.15, 0.2) is 48.9 Å². The van der Waals surface area contributed by atoms with Crippen molar-refractivity contribution in [3.8, 4) is 0 Å². The van der Waals surface area contributed by atoms with Gasteiger partial charge in [0.15, 0.2) is 0 Å². The van der Waals surface area contributed by atoms with E-state index in [-0.39, 0.29) is 12.1 Å². The van der Waals surface area contributed by atoms with Crippen molar-refractivity contribution in [2.75, 3.05) is 12.4 Å². The van der Waals surface area contributed by atoms with Crippen LogP contribution in [-0.4, -0.2) is 33.2 Å². The van der Waals surface area contributed by atoms with E-state index in [9.17, 15) is 4.79 Å². The fourth-order valence-electron chi connectivity index (χ4n) is 2.93. The lowest BCUT2D eigenvalue weighted by Gasteiger charge is -2.28. The smallest absolute Gasteiger partial charge is 0.320 e. The second-order valence-electron chi connectivity index (χ2n) is 6.16. The molecule has 0 saturated heterocycles. The number of aromatic nitrogens is 3. The summed E-state index contributed by atoms with van der Waals surface area (Å²) in [6.45, 7) is 2.15. The van der Waals surface area contributed by atoms with Crippen LogP contribution in [0.5, 0.6) is 0 Å². The number of hydrogen-bond acceptors (Lipinski definition) is 3. The minimum Gasteiger partial charge on any atom is -0.320 e. The zero-order chi connectivity index (χ0) is 17.6. The maximum atomic E-state index is 12.7. The summed E-state index contributed by atoms with van der Waals surface area (Å²) >= 11 is 0. The predicted molar refractivity (Wildman–Crippen MR) is 99.4 cm³/mol. The number of unbranched alkanes of at least 4 members (excludes halogenated alkanes) is 1. The van der Waals surface area contributed by atoms with E-state index in [4.69, 9.17) is 0 Å². The summed E-state index contributed by atoms with van der Waals surface area (Å²) in [5.41, 5.74) is 2.76. The van der Waals surface area contributed by atoms with Crippen LogP contribution in [0.4, 0.5) is 10.5 Å². The Balaban J connectivity index is 1.75. The number of amides is 2. The Bertz CT molecular complexity index is 830. The maximum absolute atomic E-state index is 12.7. The van der Waals surface area contributed by atoms with Gasteiger partial charge in [0.25, 0.3) is 0 Å². The number of nitrogens with zero attached hydrogens (tertiary/aromatic N) is 3. The van der Waals surface area contributed by atoms with Crippen LogP contribution >= 0.6 is 0 Å². The lowest BCUT2D eigenvalue weighted by atomic mass is 10.0. The van der Waals surface area contributed by atoms with Crippen molar-refractivity contribution in [1.29, 1.82) is 0 Å². The standard InChI is InChI=1S/C19H23N5O/c1-3-4-7-18(14-6-5-10-20-12-14)24(2)19(25)22-16-8-9-17-15(11-16)13-21-23-17/h5-6,8-13,18H,3-4,7H2,1-2H3,(H,21,23)(H,22,25). The molecule has 1 aromatic carbocycles. The van der Waals surface area contributed by atoms with Gasteiger partial charge in [0.2, 0.25) is 0 Å². The van der Waals surface area contributed by atoms with E-state index in [0.29, 0.717) is 0 Å². The summed E-state index contributed by atoms with van der Waals surface area (Å²) in [5.74, 6) is 0. The van der Waals surface area contributed by atoms with E-state index in [0.717, 1.165) is 41.4 Å². The Hall–Kier alpha value is -2.89. The molecule has 6 nitrogen and oxygen atoms in total. The van der Waals surface area contributed by atoms with Crippen LogP contribution in [0.3, 0.4) is 0 Å². The highest BCUT2D eigenvalue weighted by Crippen LogP contribution is 2.26. The molecular formula is C19H23N5O. The number of aromatic amines is 1. The highest BCUT2D eigenvalue weighted by molar-refractivity contribution is 5.92. The average molecular weight is 337 g/mol. The molecule has 2 heterocycles. The zero-order valence-corrected chi connectivity index (χ0v) is 14.6. The molecule has 25 heavy (non-hydrogen) atoms. The molecule has 1 atom stereocenters. The molecule has 0 radical (unpaired) electrons. The van der Waals surface area contributed by atoms with Crippen LogP contribution in [0.25, 0.3) is 10.9 Å². The number of pyridine rings is 1. The molecule has 0 aliphatic carbocycles. The number of fused-ring (bicyclic) bond motifs is 1. The van der Waals surface area contributed by atoms with Gasteiger partial charge in [-0.2, -0.15) is 5.10 Å². The van der Waals surface area contributed by atoms with Gasteiger partial charge in [0.1, 0.15) is 0 Å². The maximum Gasteiger partial charge on any atom is 0.322 e. The van der Waals surface area contributed by atoms with Crippen molar-refractivity contribution in [3.05, 3.63) is 54.5 Å². The third-order valence-corrected chi connectivity index (χ3v) is 4.38. The van der Waals surface area contributed by atoms with Crippen molar-refractivity contribution < 1.29 is 4.79 Å². The van der Waals surface area contributed by atoms with E-state index >= 15 is 0 Å². The van der Waals surface area contributed by atoms with E-state index in [2.05, 4.69) is 27.4 Å². The Morgan fingerprint density at radius 3 is 2.96 bits per heavy atom. The topological polar surface area (TPSA) is 73.9 Å².